The molecule has 8 heteroatoms. The van der Waals surface area contributed by atoms with Crippen LogP contribution >= 0.6 is 0 Å². The van der Waals surface area contributed by atoms with E-state index < -0.39 is 0 Å². The van der Waals surface area contributed by atoms with Crippen molar-refractivity contribution >= 4 is 28.6 Å². The van der Waals surface area contributed by atoms with Crippen LogP contribution in [0.25, 0.3) is 17.0 Å². The lowest BCUT2D eigenvalue weighted by atomic mass is 10.3. The summed E-state index contributed by atoms with van der Waals surface area (Å²) in [6, 6.07) is 13.7. The number of anilines is 3. The maximum absolute atomic E-state index is 13.5. The summed E-state index contributed by atoms with van der Waals surface area (Å²) in [4.78, 5) is 17.1. The zero-order valence-corrected chi connectivity index (χ0v) is 13.3. The number of rotatable bonds is 3. The van der Waals surface area contributed by atoms with Crippen molar-refractivity contribution in [2.24, 2.45) is 0 Å². The molecule has 3 N–H and O–H groups in total. The van der Waals surface area contributed by atoms with E-state index in [1.54, 1.807) is 23.6 Å². The second-order valence-electron chi connectivity index (χ2n) is 5.44. The topological polar surface area (TPSA) is 94.5 Å². The van der Waals surface area contributed by atoms with Crippen LogP contribution in [0.2, 0.25) is 0 Å². The van der Waals surface area contributed by atoms with E-state index in [2.05, 4.69) is 25.3 Å². The van der Waals surface area contributed by atoms with Gasteiger partial charge in [-0.25, -0.2) is 13.9 Å². The molecule has 0 saturated carbocycles. The predicted molar refractivity (Wildman–Crippen MR) is 93.3 cm³/mol. The minimum Gasteiger partial charge on any atom is -0.368 e. The number of nitrogens with zero attached hydrogens (tertiary/aromatic N) is 5. The van der Waals surface area contributed by atoms with E-state index in [0.717, 1.165) is 11.0 Å². The summed E-state index contributed by atoms with van der Waals surface area (Å²) in [5, 5.41) is 3.11. The van der Waals surface area contributed by atoms with Crippen LogP contribution in [0.4, 0.5) is 22.0 Å². The summed E-state index contributed by atoms with van der Waals surface area (Å²) in [6.45, 7) is 1.74. The molecule has 2 aromatic carbocycles. The smallest absolute Gasteiger partial charge is 0.242 e. The maximum Gasteiger partial charge on any atom is 0.242 e. The summed E-state index contributed by atoms with van der Waals surface area (Å²) in [6.07, 6.45) is 0. The molecule has 0 radical (unpaired) electrons. The third-order valence-corrected chi connectivity index (χ3v) is 3.59. The van der Waals surface area contributed by atoms with Gasteiger partial charge in [0.2, 0.25) is 17.8 Å². The van der Waals surface area contributed by atoms with Gasteiger partial charge in [0.25, 0.3) is 0 Å². The summed E-state index contributed by atoms with van der Waals surface area (Å²) < 4.78 is 15.2. The Hall–Kier alpha value is -3.55. The van der Waals surface area contributed by atoms with Crippen LogP contribution in [0, 0.1) is 12.7 Å². The van der Waals surface area contributed by atoms with E-state index in [1.807, 2.05) is 24.3 Å². The van der Waals surface area contributed by atoms with Crippen molar-refractivity contribution in [1.82, 2.24) is 24.5 Å². The Kier molecular flexibility index (Phi) is 3.50. The van der Waals surface area contributed by atoms with E-state index >= 15 is 0 Å². The van der Waals surface area contributed by atoms with Crippen LogP contribution in [-0.2, 0) is 0 Å². The van der Waals surface area contributed by atoms with E-state index in [9.17, 15) is 4.39 Å². The first-order valence-corrected chi connectivity index (χ1v) is 7.59. The molecule has 25 heavy (non-hydrogen) atoms. The van der Waals surface area contributed by atoms with Gasteiger partial charge in [0, 0.05) is 5.69 Å². The molecular weight excluding hydrogens is 321 g/mol. The van der Waals surface area contributed by atoms with Gasteiger partial charge in [0.15, 0.2) is 0 Å². The minimum atomic E-state index is -0.340. The molecule has 0 unspecified atom stereocenters. The van der Waals surface area contributed by atoms with Crippen molar-refractivity contribution in [2.45, 2.75) is 6.92 Å². The van der Waals surface area contributed by atoms with Gasteiger partial charge >= 0.3 is 0 Å². The number of hydrogen-bond donors (Lipinski definition) is 2. The molecule has 0 aliphatic carbocycles. The average Bonchev–Trinajstić information content (AvgIpc) is 2.91. The second-order valence-corrected chi connectivity index (χ2v) is 5.44. The fraction of sp³-hybridized carbons (Fsp3) is 0.0588. The standard InChI is InChI=1S/C17H14FN7/c1-10-20-15(19)24-16(21-10)25-14-8-3-2-7-13(14)23-17(25)22-12-6-4-5-11(18)9-12/h2-9H,1H3,(H,22,23)(H2,19,20,21,24). The Labute approximate surface area is 142 Å². The number of fused-ring (bicyclic) bond motifs is 1. The number of benzene rings is 2. The molecule has 4 aromatic rings. The summed E-state index contributed by atoms with van der Waals surface area (Å²) >= 11 is 0. The van der Waals surface area contributed by atoms with Crippen LogP contribution in [0.5, 0.6) is 0 Å². The molecule has 0 bridgehead atoms. The largest absolute Gasteiger partial charge is 0.368 e. The predicted octanol–water partition coefficient (Wildman–Crippen LogP) is 2.98. The molecule has 2 heterocycles. The molecule has 0 aliphatic heterocycles. The molecule has 0 saturated heterocycles. The number of halogens is 1. The Morgan fingerprint density at radius 3 is 2.64 bits per heavy atom. The number of nitrogens with two attached hydrogens (primary N) is 1. The molecule has 0 fully saturated rings. The molecule has 0 spiro atoms. The molecule has 7 nitrogen and oxygen atoms in total. The first-order chi connectivity index (χ1) is 12.1. The third-order valence-electron chi connectivity index (χ3n) is 3.59. The molecule has 0 amide bonds. The van der Waals surface area contributed by atoms with Crippen molar-refractivity contribution in [3.63, 3.8) is 0 Å². The van der Waals surface area contributed by atoms with Gasteiger partial charge < -0.3 is 11.1 Å². The van der Waals surface area contributed by atoms with Crippen molar-refractivity contribution in [3.8, 4) is 5.95 Å². The monoisotopic (exact) mass is 335 g/mol. The van der Waals surface area contributed by atoms with Gasteiger partial charge in [-0.15, -0.1) is 0 Å². The molecule has 4 rings (SSSR count). The van der Waals surface area contributed by atoms with Gasteiger partial charge in [-0.2, -0.15) is 15.0 Å². The van der Waals surface area contributed by atoms with E-state index in [1.165, 1.54) is 12.1 Å². The Balaban J connectivity index is 1.92. The normalized spacial score (nSPS) is 11.0. The highest BCUT2D eigenvalue weighted by Crippen LogP contribution is 2.25. The Morgan fingerprint density at radius 1 is 1.00 bits per heavy atom. The van der Waals surface area contributed by atoms with Gasteiger partial charge in [-0.3, -0.25) is 0 Å². The van der Waals surface area contributed by atoms with Crippen LogP contribution in [0.15, 0.2) is 48.5 Å². The third kappa shape index (κ3) is 2.85. The van der Waals surface area contributed by atoms with Crippen LogP contribution in [0.3, 0.4) is 0 Å². The van der Waals surface area contributed by atoms with Crippen LogP contribution in [-0.4, -0.2) is 24.5 Å². The Bertz CT molecular complexity index is 1050. The molecule has 0 atom stereocenters. The van der Waals surface area contributed by atoms with Crippen molar-refractivity contribution in [3.05, 3.63) is 60.2 Å². The first kappa shape index (κ1) is 15.0. The summed E-state index contributed by atoms with van der Waals surface area (Å²) in [7, 11) is 0. The Morgan fingerprint density at radius 2 is 1.84 bits per heavy atom. The molecular formula is C17H14FN7. The maximum atomic E-state index is 13.5. The highest BCUT2D eigenvalue weighted by atomic mass is 19.1. The fourth-order valence-corrected chi connectivity index (χ4v) is 2.60. The molecule has 0 aliphatic rings. The van der Waals surface area contributed by atoms with Gasteiger partial charge in [-0.05, 0) is 37.3 Å². The first-order valence-electron chi connectivity index (χ1n) is 7.59. The highest BCUT2D eigenvalue weighted by molar-refractivity contribution is 5.81. The number of imidazole rings is 1. The SMILES string of the molecule is Cc1nc(N)nc(-n2c(Nc3cccc(F)c3)nc3ccccc32)n1. The quantitative estimate of drug-likeness (QED) is 0.598. The van der Waals surface area contributed by atoms with Crippen LogP contribution < -0.4 is 11.1 Å². The fourth-order valence-electron chi connectivity index (χ4n) is 2.60. The van der Waals surface area contributed by atoms with Gasteiger partial charge in [0.05, 0.1) is 11.0 Å². The lowest BCUT2D eigenvalue weighted by molar-refractivity contribution is 0.628. The number of nitrogens with one attached hydrogen (secondary N) is 1. The number of aromatic nitrogens is 5. The van der Waals surface area contributed by atoms with Gasteiger partial charge in [0.1, 0.15) is 11.6 Å². The second kappa shape index (κ2) is 5.82. The van der Waals surface area contributed by atoms with E-state index in [-0.39, 0.29) is 11.8 Å². The van der Waals surface area contributed by atoms with E-state index in [4.69, 9.17) is 5.73 Å². The lowest BCUT2D eigenvalue weighted by Crippen LogP contribution is -2.10. The highest BCUT2D eigenvalue weighted by Gasteiger charge is 2.16. The summed E-state index contributed by atoms with van der Waals surface area (Å²) in [5.74, 6) is 1.08. The van der Waals surface area contributed by atoms with Crippen molar-refractivity contribution < 1.29 is 4.39 Å². The number of para-hydroxylation sites is 2. The number of nitrogen functional groups attached to an aromatic ring is 1. The van der Waals surface area contributed by atoms with Crippen molar-refractivity contribution in [1.29, 1.82) is 0 Å². The van der Waals surface area contributed by atoms with E-state index in [0.29, 0.717) is 23.4 Å². The minimum absolute atomic E-state index is 0.122. The van der Waals surface area contributed by atoms with Gasteiger partial charge in [-0.1, -0.05) is 18.2 Å². The zero-order chi connectivity index (χ0) is 17.4. The molecule has 124 valence electrons. The number of aryl methyl sites for hydroxylation is 1. The van der Waals surface area contributed by atoms with Crippen molar-refractivity contribution in [2.75, 3.05) is 11.1 Å². The van der Waals surface area contributed by atoms with Crippen LogP contribution in [0.1, 0.15) is 5.82 Å². The lowest BCUT2D eigenvalue weighted by Gasteiger charge is -2.10. The zero-order valence-electron chi connectivity index (χ0n) is 13.3. The summed E-state index contributed by atoms with van der Waals surface area (Å²) in [5.41, 5.74) is 7.88. The average molecular weight is 335 g/mol. The molecule has 2 aromatic heterocycles. The number of hydrogen-bond acceptors (Lipinski definition) is 6.